The average Bonchev–Trinajstić information content (AvgIpc) is 2.26. The maximum Gasteiger partial charge on any atom is 0.329 e. The fourth-order valence-corrected chi connectivity index (χ4v) is 2.63. The third-order valence-corrected chi connectivity index (χ3v) is 4.32. The Bertz CT molecular complexity index is 349. The van der Waals surface area contributed by atoms with Crippen LogP contribution in [0.25, 0.3) is 0 Å². The number of urea groups is 1. The Kier molecular flexibility index (Phi) is 4.29. The molecule has 1 saturated carbocycles. The highest BCUT2D eigenvalue weighted by atomic mass is 16.5. The highest BCUT2D eigenvalue weighted by molar-refractivity contribution is 5.86. The molecule has 2 rings (SSSR count). The van der Waals surface area contributed by atoms with Gasteiger partial charge in [-0.25, -0.2) is 9.59 Å². The van der Waals surface area contributed by atoms with Crippen LogP contribution in [0.5, 0.6) is 0 Å². The first-order valence-corrected chi connectivity index (χ1v) is 6.93. The maximum absolute atomic E-state index is 11.9. The number of ether oxygens (including phenoxy) is 1. The van der Waals surface area contributed by atoms with Gasteiger partial charge >= 0.3 is 12.0 Å². The first-order valence-electron chi connectivity index (χ1n) is 6.93. The lowest BCUT2D eigenvalue weighted by atomic mass is 9.80. The fourth-order valence-electron chi connectivity index (χ4n) is 2.63. The number of hydrogen-bond acceptors (Lipinski definition) is 3. The Morgan fingerprint density at radius 1 is 1.32 bits per heavy atom. The first kappa shape index (κ1) is 14.1. The van der Waals surface area contributed by atoms with E-state index in [2.05, 4.69) is 10.6 Å². The highest BCUT2D eigenvalue weighted by Gasteiger charge is 2.42. The number of nitrogens with one attached hydrogen (secondary N) is 2. The molecule has 2 fully saturated rings. The summed E-state index contributed by atoms with van der Waals surface area (Å²) in [5.41, 5.74) is -1.18. The van der Waals surface area contributed by atoms with Gasteiger partial charge in [0.1, 0.15) is 5.54 Å². The van der Waals surface area contributed by atoms with Crippen molar-refractivity contribution in [3.63, 3.8) is 0 Å². The number of carboxylic acid groups (broad SMARTS) is 1. The molecule has 2 amide bonds. The number of hydrogen-bond donors (Lipinski definition) is 3. The van der Waals surface area contributed by atoms with Gasteiger partial charge in [-0.2, -0.15) is 0 Å². The second-order valence-corrected chi connectivity index (χ2v) is 5.58. The van der Waals surface area contributed by atoms with Gasteiger partial charge in [-0.05, 0) is 25.7 Å². The van der Waals surface area contributed by atoms with Crippen LogP contribution in [-0.4, -0.2) is 41.9 Å². The summed E-state index contributed by atoms with van der Waals surface area (Å²) in [5.74, 6) is -0.455. The summed E-state index contributed by atoms with van der Waals surface area (Å²) < 4.78 is 5.17. The van der Waals surface area contributed by atoms with Crippen molar-refractivity contribution in [2.45, 2.75) is 50.6 Å². The number of aliphatic carboxylic acids is 1. The Morgan fingerprint density at radius 2 is 1.95 bits per heavy atom. The van der Waals surface area contributed by atoms with Gasteiger partial charge in [0.25, 0.3) is 0 Å². The molecule has 1 saturated heterocycles. The van der Waals surface area contributed by atoms with E-state index in [4.69, 9.17) is 4.74 Å². The third kappa shape index (κ3) is 3.18. The summed E-state index contributed by atoms with van der Waals surface area (Å²) in [5, 5.41) is 14.8. The molecular weight excluding hydrogens is 248 g/mol. The average molecular weight is 270 g/mol. The molecule has 6 nitrogen and oxygen atoms in total. The van der Waals surface area contributed by atoms with E-state index in [1.54, 1.807) is 0 Å². The third-order valence-electron chi connectivity index (χ3n) is 4.32. The molecule has 0 bridgehead atoms. The minimum atomic E-state index is -1.18. The van der Waals surface area contributed by atoms with Crippen molar-refractivity contribution in [3.8, 4) is 0 Å². The molecule has 0 aromatic rings. The predicted molar refractivity (Wildman–Crippen MR) is 68.9 cm³/mol. The van der Waals surface area contributed by atoms with Crippen LogP contribution >= 0.6 is 0 Å². The van der Waals surface area contributed by atoms with Gasteiger partial charge < -0.3 is 20.5 Å². The zero-order valence-corrected chi connectivity index (χ0v) is 11.3. The Hall–Kier alpha value is -1.30. The van der Waals surface area contributed by atoms with Crippen molar-refractivity contribution < 1.29 is 19.4 Å². The largest absolute Gasteiger partial charge is 0.480 e. The molecule has 1 aliphatic heterocycles. The summed E-state index contributed by atoms with van der Waals surface area (Å²) in [4.78, 5) is 23.4. The van der Waals surface area contributed by atoms with E-state index >= 15 is 0 Å². The first-order chi connectivity index (χ1) is 9.03. The van der Waals surface area contributed by atoms with E-state index in [-0.39, 0.29) is 12.1 Å². The molecule has 19 heavy (non-hydrogen) atoms. The molecule has 0 aromatic heterocycles. The lowest BCUT2D eigenvalue weighted by Gasteiger charge is -2.36. The number of carboxylic acids is 1. The van der Waals surface area contributed by atoms with Crippen LogP contribution in [0, 0.1) is 5.92 Å². The molecule has 0 spiro atoms. The summed E-state index contributed by atoms with van der Waals surface area (Å²) in [6.45, 7) is 2.70. The normalized spacial score (nSPS) is 24.1. The van der Waals surface area contributed by atoms with Crippen LogP contribution in [0.4, 0.5) is 4.79 Å². The monoisotopic (exact) mass is 270 g/mol. The van der Waals surface area contributed by atoms with Gasteiger partial charge in [-0.15, -0.1) is 0 Å². The van der Waals surface area contributed by atoms with Crippen LogP contribution in [0.2, 0.25) is 0 Å². The van der Waals surface area contributed by atoms with E-state index in [9.17, 15) is 14.7 Å². The Balaban J connectivity index is 1.89. The molecule has 1 heterocycles. The molecule has 3 N–H and O–H groups in total. The molecule has 2 aliphatic rings. The molecule has 108 valence electrons. The highest BCUT2D eigenvalue weighted by Crippen LogP contribution is 2.29. The number of amides is 2. The molecule has 1 atom stereocenters. The summed E-state index contributed by atoms with van der Waals surface area (Å²) in [6, 6.07) is -0.289. The summed E-state index contributed by atoms with van der Waals surface area (Å²) >= 11 is 0. The van der Waals surface area contributed by atoms with Crippen LogP contribution in [0.1, 0.15) is 39.0 Å². The van der Waals surface area contributed by atoms with Gasteiger partial charge in [0, 0.05) is 32.1 Å². The minimum Gasteiger partial charge on any atom is -0.480 e. The predicted octanol–water partition coefficient (Wildman–Crippen LogP) is 1.11. The lowest BCUT2D eigenvalue weighted by Crippen LogP contribution is -2.61. The van der Waals surface area contributed by atoms with Gasteiger partial charge in [-0.1, -0.05) is 6.42 Å². The second kappa shape index (κ2) is 5.77. The van der Waals surface area contributed by atoms with Gasteiger partial charge in [0.05, 0.1) is 0 Å². The van der Waals surface area contributed by atoms with E-state index in [1.165, 1.54) is 6.42 Å². The quantitative estimate of drug-likeness (QED) is 0.714. The summed E-state index contributed by atoms with van der Waals surface area (Å²) in [7, 11) is 0. The van der Waals surface area contributed by atoms with E-state index in [0.717, 1.165) is 12.8 Å². The molecular formula is C13H22N2O4. The van der Waals surface area contributed by atoms with Crippen molar-refractivity contribution in [1.82, 2.24) is 10.6 Å². The van der Waals surface area contributed by atoms with Crippen LogP contribution in [0.15, 0.2) is 0 Å². The maximum atomic E-state index is 11.9. The van der Waals surface area contributed by atoms with Gasteiger partial charge in [0.15, 0.2) is 0 Å². The smallest absolute Gasteiger partial charge is 0.329 e. The molecule has 1 unspecified atom stereocenters. The van der Waals surface area contributed by atoms with E-state index < -0.39 is 11.5 Å². The fraction of sp³-hybridized carbons (Fsp3) is 0.846. The van der Waals surface area contributed by atoms with Crippen LogP contribution in [0.3, 0.4) is 0 Å². The number of rotatable bonds is 4. The number of carbonyl (C=O) groups is 2. The summed E-state index contributed by atoms with van der Waals surface area (Å²) in [6.07, 6.45) is 4.12. The van der Waals surface area contributed by atoms with Crippen LogP contribution < -0.4 is 10.6 Å². The minimum absolute atomic E-state index is 0.0967. The van der Waals surface area contributed by atoms with Crippen molar-refractivity contribution in [3.05, 3.63) is 0 Å². The van der Waals surface area contributed by atoms with Gasteiger partial charge in [0.2, 0.25) is 0 Å². The van der Waals surface area contributed by atoms with Crippen molar-refractivity contribution in [2.75, 3.05) is 13.2 Å². The second-order valence-electron chi connectivity index (χ2n) is 5.58. The zero-order valence-electron chi connectivity index (χ0n) is 11.3. The number of carbonyl (C=O) groups excluding carboxylic acids is 1. The van der Waals surface area contributed by atoms with Crippen molar-refractivity contribution in [2.24, 2.45) is 5.92 Å². The van der Waals surface area contributed by atoms with Crippen molar-refractivity contribution >= 4 is 12.0 Å². The topological polar surface area (TPSA) is 87.7 Å². The lowest BCUT2D eigenvalue weighted by molar-refractivity contribution is -0.148. The van der Waals surface area contributed by atoms with Crippen LogP contribution in [-0.2, 0) is 9.53 Å². The Labute approximate surface area is 112 Å². The van der Waals surface area contributed by atoms with Gasteiger partial charge in [-0.3, -0.25) is 0 Å². The zero-order chi connectivity index (χ0) is 13.9. The molecule has 1 aliphatic carbocycles. The molecule has 0 radical (unpaired) electrons. The molecule has 0 aromatic carbocycles. The van der Waals surface area contributed by atoms with E-state index in [0.29, 0.717) is 32.0 Å². The standard InChI is InChI=1S/C13H22N2O4/c1-9(10-3-2-4-10)14-12(18)15-13(11(16)17)5-7-19-8-6-13/h9-10H,2-8H2,1H3,(H,16,17)(H2,14,15,18). The van der Waals surface area contributed by atoms with E-state index in [1.807, 2.05) is 6.92 Å². The molecule has 6 heteroatoms. The Morgan fingerprint density at radius 3 is 2.42 bits per heavy atom. The SMILES string of the molecule is CC(NC(=O)NC1(C(=O)O)CCOCC1)C1CCC1. The van der Waals surface area contributed by atoms with Crippen molar-refractivity contribution in [1.29, 1.82) is 0 Å².